The molecule has 94 valence electrons. The Morgan fingerprint density at radius 1 is 1.41 bits per heavy atom. The second kappa shape index (κ2) is 6.73. The van der Waals surface area contributed by atoms with Crippen LogP contribution >= 0.6 is 0 Å². The molecule has 1 aromatic rings. The number of aliphatic carboxylic acids is 1. The molecule has 0 saturated carbocycles. The Balaban J connectivity index is 2.61. The lowest BCUT2D eigenvalue weighted by Crippen LogP contribution is -2.33. The van der Waals surface area contributed by atoms with E-state index < -0.39 is 5.97 Å². The molecule has 1 rings (SSSR count). The fourth-order valence-electron chi connectivity index (χ4n) is 1.45. The van der Waals surface area contributed by atoms with E-state index in [-0.39, 0.29) is 24.6 Å². The average molecular weight is 239 g/mol. The van der Waals surface area contributed by atoms with Crippen LogP contribution in [0.25, 0.3) is 0 Å². The monoisotopic (exact) mass is 239 g/mol. The summed E-state index contributed by atoms with van der Waals surface area (Å²) in [7, 11) is 0. The molecule has 17 heavy (non-hydrogen) atoms. The largest absolute Gasteiger partial charge is 0.481 e. The maximum atomic E-state index is 12.0. The Kier molecular flexibility index (Phi) is 5.26. The molecule has 0 unspecified atom stereocenters. The van der Waals surface area contributed by atoms with Gasteiger partial charge in [-0.15, -0.1) is 0 Å². The van der Waals surface area contributed by atoms with Crippen LogP contribution in [-0.4, -0.2) is 35.0 Å². The third-order valence-electron chi connectivity index (χ3n) is 2.40. The minimum Gasteiger partial charge on any atom is -0.481 e. The molecule has 0 fully saturated rings. The first-order chi connectivity index (χ1) is 8.15. The van der Waals surface area contributed by atoms with Gasteiger partial charge in [-0.25, -0.2) is 0 Å². The molecular formula is C12H17NO4. The summed E-state index contributed by atoms with van der Waals surface area (Å²) in [5, 5.41) is 8.64. The Morgan fingerprint density at radius 2 is 2.18 bits per heavy atom. The molecule has 0 aliphatic rings. The molecule has 0 atom stereocenters. The van der Waals surface area contributed by atoms with Crippen molar-refractivity contribution in [3.63, 3.8) is 0 Å². The Bertz CT molecular complexity index is 359. The summed E-state index contributed by atoms with van der Waals surface area (Å²) in [6.45, 7) is 2.80. The minimum absolute atomic E-state index is 0.0455. The minimum atomic E-state index is -0.904. The van der Waals surface area contributed by atoms with E-state index in [4.69, 9.17) is 9.52 Å². The Labute approximate surface area is 100 Å². The lowest BCUT2D eigenvalue weighted by atomic mass is 10.2. The Hall–Kier alpha value is -1.78. The molecule has 1 N–H and O–H groups in total. The van der Waals surface area contributed by atoms with Crippen LogP contribution in [0.1, 0.15) is 36.7 Å². The van der Waals surface area contributed by atoms with E-state index in [0.29, 0.717) is 6.54 Å². The highest BCUT2D eigenvalue weighted by Crippen LogP contribution is 2.07. The molecule has 5 nitrogen and oxygen atoms in total. The van der Waals surface area contributed by atoms with Crippen molar-refractivity contribution in [1.82, 2.24) is 4.90 Å². The molecule has 1 amide bonds. The molecule has 0 aliphatic heterocycles. The van der Waals surface area contributed by atoms with Crippen LogP contribution in [0.2, 0.25) is 0 Å². The molecule has 1 heterocycles. The van der Waals surface area contributed by atoms with Gasteiger partial charge in [0.05, 0.1) is 12.7 Å². The zero-order valence-electron chi connectivity index (χ0n) is 9.89. The number of hydrogen-bond acceptors (Lipinski definition) is 3. The van der Waals surface area contributed by atoms with Gasteiger partial charge in [0.25, 0.3) is 5.91 Å². The number of furan rings is 1. The van der Waals surface area contributed by atoms with Crippen molar-refractivity contribution in [2.24, 2.45) is 0 Å². The smallest absolute Gasteiger partial charge is 0.305 e. The van der Waals surface area contributed by atoms with Crippen molar-refractivity contribution >= 4 is 11.9 Å². The standard InChI is InChI=1S/C12H17NO4/c1-2-3-7-13(8-6-11(14)15)12(16)10-5-4-9-17-10/h4-5,9H,2-3,6-8H2,1H3,(H,14,15). The number of unbranched alkanes of at least 4 members (excludes halogenated alkanes) is 1. The summed E-state index contributed by atoms with van der Waals surface area (Å²) in [4.78, 5) is 24.0. The van der Waals surface area contributed by atoms with E-state index in [9.17, 15) is 9.59 Å². The summed E-state index contributed by atoms with van der Waals surface area (Å²) in [5.74, 6) is -0.894. The van der Waals surface area contributed by atoms with Gasteiger partial charge in [0.1, 0.15) is 0 Å². The highest BCUT2D eigenvalue weighted by atomic mass is 16.4. The molecule has 0 spiro atoms. The third kappa shape index (κ3) is 4.30. The summed E-state index contributed by atoms with van der Waals surface area (Å²) in [6, 6.07) is 3.23. The van der Waals surface area contributed by atoms with E-state index in [2.05, 4.69) is 0 Å². The van der Waals surface area contributed by atoms with Gasteiger partial charge in [-0.1, -0.05) is 13.3 Å². The van der Waals surface area contributed by atoms with Crippen molar-refractivity contribution < 1.29 is 19.1 Å². The molecule has 1 aromatic heterocycles. The summed E-state index contributed by atoms with van der Waals surface area (Å²) >= 11 is 0. The molecule has 0 aromatic carbocycles. The van der Waals surface area contributed by atoms with Crippen LogP contribution in [0.15, 0.2) is 22.8 Å². The number of nitrogens with zero attached hydrogens (tertiary/aromatic N) is 1. The highest BCUT2D eigenvalue weighted by molar-refractivity contribution is 5.91. The van der Waals surface area contributed by atoms with E-state index >= 15 is 0 Å². The van der Waals surface area contributed by atoms with Crippen LogP contribution in [0.3, 0.4) is 0 Å². The first kappa shape index (κ1) is 13.3. The molecule has 0 bridgehead atoms. The number of amides is 1. The van der Waals surface area contributed by atoms with Crippen LogP contribution in [-0.2, 0) is 4.79 Å². The number of carboxylic acids is 1. The van der Waals surface area contributed by atoms with E-state index in [0.717, 1.165) is 12.8 Å². The Morgan fingerprint density at radius 3 is 2.71 bits per heavy atom. The molecule has 0 saturated heterocycles. The van der Waals surface area contributed by atoms with Crippen LogP contribution < -0.4 is 0 Å². The molecule has 5 heteroatoms. The number of carbonyl (C=O) groups is 2. The lowest BCUT2D eigenvalue weighted by molar-refractivity contribution is -0.137. The van der Waals surface area contributed by atoms with Gasteiger partial charge >= 0.3 is 5.97 Å². The first-order valence-electron chi connectivity index (χ1n) is 5.69. The number of carbonyl (C=O) groups excluding carboxylic acids is 1. The van der Waals surface area contributed by atoms with Crippen LogP contribution in [0.4, 0.5) is 0 Å². The van der Waals surface area contributed by atoms with Gasteiger partial charge in [-0.2, -0.15) is 0 Å². The summed E-state index contributed by atoms with van der Waals surface area (Å²) < 4.78 is 5.02. The average Bonchev–Trinajstić information content (AvgIpc) is 2.81. The van der Waals surface area contributed by atoms with Gasteiger partial charge in [-0.3, -0.25) is 9.59 Å². The zero-order chi connectivity index (χ0) is 12.7. The van der Waals surface area contributed by atoms with Gasteiger partial charge in [-0.05, 0) is 18.6 Å². The quantitative estimate of drug-likeness (QED) is 0.790. The lowest BCUT2D eigenvalue weighted by Gasteiger charge is -2.20. The van der Waals surface area contributed by atoms with Crippen molar-refractivity contribution in [2.45, 2.75) is 26.2 Å². The predicted octanol–water partition coefficient (Wildman–Crippen LogP) is 2.00. The third-order valence-corrected chi connectivity index (χ3v) is 2.40. The number of rotatable bonds is 7. The van der Waals surface area contributed by atoms with Gasteiger partial charge in [0, 0.05) is 13.1 Å². The molecule has 0 radical (unpaired) electrons. The fraction of sp³-hybridized carbons (Fsp3) is 0.500. The number of carboxylic acid groups (broad SMARTS) is 1. The van der Waals surface area contributed by atoms with Crippen LogP contribution in [0.5, 0.6) is 0 Å². The molecular weight excluding hydrogens is 222 g/mol. The summed E-state index contributed by atoms with van der Waals surface area (Å²) in [6.07, 6.45) is 3.19. The van der Waals surface area contributed by atoms with Crippen molar-refractivity contribution in [3.05, 3.63) is 24.2 Å². The van der Waals surface area contributed by atoms with E-state index in [1.807, 2.05) is 6.92 Å². The second-order valence-corrected chi connectivity index (χ2v) is 3.77. The SMILES string of the molecule is CCCCN(CCC(=O)O)C(=O)c1ccco1. The van der Waals surface area contributed by atoms with Crippen LogP contribution in [0, 0.1) is 0 Å². The van der Waals surface area contributed by atoms with Gasteiger partial charge in [0.2, 0.25) is 0 Å². The van der Waals surface area contributed by atoms with Crippen molar-refractivity contribution in [2.75, 3.05) is 13.1 Å². The van der Waals surface area contributed by atoms with E-state index in [1.165, 1.54) is 11.2 Å². The second-order valence-electron chi connectivity index (χ2n) is 3.77. The molecule has 0 aliphatic carbocycles. The zero-order valence-corrected chi connectivity index (χ0v) is 9.89. The van der Waals surface area contributed by atoms with Gasteiger partial charge < -0.3 is 14.4 Å². The fourth-order valence-corrected chi connectivity index (χ4v) is 1.45. The normalized spacial score (nSPS) is 10.2. The van der Waals surface area contributed by atoms with Gasteiger partial charge in [0.15, 0.2) is 5.76 Å². The maximum absolute atomic E-state index is 12.0. The number of hydrogen-bond donors (Lipinski definition) is 1. The van der Waals surface area contributed by atoms with Crippen molar-refractivity contribution in [1.29, 1.82) is 0 Å². The van der Waals surface area contributed by atoms with E-state index in [1.54, 1.807) is 12.1 Å². The van der Waals surface area contributed by atoms with Crippen molar-refractivity contribution in [3.8, 4) is 0 Å². The summed E-state index contributed by atoms with van der Waals surface area (Å²) in [5.41, 5.74) is 0. The first-order valence-corrected chi connectivity index (χ1v) is 5.69. The topological polar surface area (TPSA) is 70.8 Å². The predicted molar refractivity (Wildman–Crippen MR) is 61.8 cm³/mol. The highest BCUT2D eigenvalue weighted by Gasteiger charge is 2.18. The maximum Gasteiger partial charge on any atom is 0.305 e.